The molecule has 5 heteroatoms. The van der Waals surface area contributed by atoms with Gasteiger partial charge in [-0.05, 0) is 52.8 Å². The number of carbonyl (C=O) groups excluding carboxylic acids is 1. The van der Waals surface area contributed by atoms with Crippen molar-refractivity contribution in [3.8, 4) is 22.3 Å². The summed E-state index contributed by atoms with van der Waals surface area (Å²) in [5, 5.41) is 0. The lowest BCUT2D eigenvalue weighted by Crippen LogP contribution is -2.11. The molecule has 0 saturated heterocycles. The van der Waals surface area contributed by atoms with E-state index in [2.05, 4.69) is 35.1 Å². The molecule has 0 atom stereocenters. The van der Waals surface area contributed by atoms with Crippen LogP contribution in [0.25, 0.3) is 22.3 Å². The Hall–Kier alpha value is -3.21. The number of carbonyl (C=O) groups is 1. The fraction of sp³-hybridized carbons (Fsp3) is 0.190. The van der Waals surface area contributed by atoms with Crippen molar-refractivity contribution in [1.29, 1.82) is 0 Å². The molecule has 0 aliphatic carbocycles. The van der Waals surface area contributed by atoms with Crippen molar-refractivity contribution < 1.29 is 4.79 Å². The molecule has 3 rings (SSSR count). The van der Waals surface area contributed by atoms with E-state index in [0.29, 0.717) is 12.8 Å². The molecule has 5 nitrogen and oxygen atoms in total. The van der Waals surface area contributed by atoms with Crippen LogP contribution in [0.15, 0.2) is 55.1 Å². The first-order valence-electron chi connectivity index (χ1n) is 8.63. The van der Waals surface area contributed by atoms with Crippen molar-refractivity contribution in [2.24, 2.45) is 5.73 Å². The Kier molecular flexibility index (Phi) is 5.27. The van der Waals surface area contributed by atoms with Crippen molar-refractivity contribution in [3.63, 3.8) is 0 Å². The maximum Gasteiger partial charge on any atom is 0.217 e. The topological polar surface area (TPSA) is 94.9 Å². The zero-order chi connectivity index (χ0) is 18.5. The predicted octanol–water partition coefficient (Wildman–Crippen LogP) is 3.37. The third kappa shape index (κ3) is 4.06. The molecular formula is C21H22N4O. The van der Waals surface area contributed by atoms with E-state index in [1.807, 2.05) is 18.2 Å². The molecular weight excluding hydrogens is 324 g/mol. The largest absolute Gasteiger partial charge is 0.399 e. The van der Waals surface area contributed by atoms with Gasteiger partial charge in [-0.15, -0.1) is 0 Å². The van der Waals surface area contributed by atoms with Crippen molar-refractivity contribution in [2.75, 3.05) is 5.73 Å². The molecule has 0 spiro atoms. The summed E-state index contributed by atoms with van der Waals surface area (Å²) in [4.78, 5) is 19.5. The van der Waals surface area contributed by atoms with Gasteiger partial charge >= 0.3 is 0 Å². The number of hydrogen-bond donors (Lipinski definition) is 2. The number of primary amides is 1. The van der Waals surface area contributed by atoms with E-state index in [4.69, 9.17) is 11.5 Å². The van der Waals surface area contributed by atoms with Gasteiger partial charge in [-0.2, -0.15) is 0 Å². The van der Waals surface area contributed by atoms with Gasteiger partial charge in [0.15, 0.2) is 0 Å². The number of benzene rings is 2. The minimum absolute atomic E-state index is 0.296. The first-order chi connectivity index (χ1) is 12.6. The fourth-order valence-electron chi connectivity index (χ4n) is 3.05. The van der Waals surface area contributed by atoms with E-state index >= 15 is 0 Å². The summed E-state index contributed by atoms with van der Waals surface area (Å²) >= 11 is 0. The first kappa shape index (κ1) is 17.6. The molecule has 132 valence electrons. The van der Waals surface area contributed by atoms with Gasteiger partial charge in [-0.3, -0.25) is 4.79 Å². The summed E-state index contributed by atoms with van der Waals surface area (Å²) < 4.78 is 0. The van der Waals surface area contributed by atoms with Crippen LogP contribution in [0.4, 0.5) is 5.69 Å². The second kappa shape index (κ2) is 7.78. The van der Waals surface area contributed by atoms with Gasteiger partial charge in [0.05, 0.1) is 0 Å². The Morgan fingerprint density at radius 3 is 2.46 bits per heavy atom. The predicted molar refractivity (Wildman–Crippen MR) is 104 cm³/mol. The van der Waals surface area contributed by atoms with E-state index in [-0.39, 0.29) is 5.91 Å². The Morgan fingerprint density at radius 2 is 1.77 bits per heavy atom. The summed E-state index contributed by atoms with van der Waals surface area (Å²) in [6, 6.07) is 12.3. The average Bonchev–Trinajstić information content (AvgIpc) is 2.66. The standard InChI is InChI=1S/C21H22N4O/c1-2-14-7-17(10-19(22)8-14)20-5-3-15(18-11-24-13-25-12-18)9-16(20)4-6-21(23)26/h3,5,7-13H,2,4,6,22H2,1H3,(H2,23,26). The molecule has 1 heterocycles. The van der Waals surface area contributed by atoms with Crippen LogP contribution in [0.5, 0.6) is 0 Å². The van der Waals surface area contributed by atoms with Gasteiger partial charge < -0.3 is 11.5 Å². The molecule has 3 aromatic rings. The molecule has 0 saturated carbocycles. The normalized spacial score (nSPS) is 10.7. The third-order valence-electron chi connectivity index (χ3n) is 4.37. The van der Waals surface area contributed by atoms with Gasteiger partial charge in [0.25, 0.3) is 0 Å². The minimum atomic E-state index is -0.314. The number of hydrogen-bond acceptors (Lipinski definition) is 4. The lowest BCUT2D eigenvalue weighted by Gasteiger charge is -2.14. The van der Waals surface area contributed by atoms with Crippen molar-refractivity contribution >= 4 is 11.6 Å². The van der Waals surface area contributed by atoms with Crippen LogP contribution in [0, 0.1) is 0 Å². The van der Waals surface area contributed by atoms with Gasteiger partial charge in [-0.1, -0.05) is 31.2 Å². The van der Waals surface area contributed by atoms with Crippen molar-refractivity contribution in [1.82, 2.24) is 9.97 Å². The molecule has 0 aliphatic rings. The lowest BCUT2D eigenvalue weighted by atomic mass is 9.92. The second-order valence-electron chi connectivity index (χ2n) is 6.28. The smallest absolute Gasteiger partial charge is 0.217 e. The molecule has 0 radical (unpaired) electrons. The zero-order valence-corrected chi connectivity index (χ0v) is 14.8. The van der Waals surface area contributed by atoms with Gasteiger partial charge in [0.1, 0.15) is 6.33 Å². The van der Waals surface area contributed by atoms with E-state index in [1.54, 1.807) is 12.4 Å². The summed E-state index contributed by atoms with van der Waals surface area (Å²) in [5.74, 6) is -0.314. The molecule has 0 bridgehead atoms. The minimum Gasteiger partial charge on any atom is -0.399 e. The monoisotopic (exact) mass is 346 g/mol. The van der Waals surface area contributed by atoms with E-state index < -0.39 is 0 Å². The van der Waals surface area contributed by atoms with Crippen LogP contribution >= 0.6 is 0 Å². The highest BCUT2D eigenvalue weighted by atomic mass is 16.1. The average molecular weight is 346 g/mol. The Bertz CT molecular complexity index is 923. The highest BCUT2D eigenvalue weighted by molar-refractivity contribution is 5.78. The quantitative estimate of drug-likeness (QED) is 0.669. The van der Waals surface area contributed by atoms with Crippen LogP contribution in [0.3, 0.4) is 0 Å². The summed E-state index contributed by atoms with van der Waals surface area (Å²) in [5.41, 5.74) is 18.5. The van der Waals surface area contributed by atoms with E-state index in [0.717, 1.165) is 39.9 Å². The van der Waals surface area contributed by atoms with Gasteiger partial charge in [0, 0.05) is 30.1 Å². The SMILES string of the molecule is CCc1cc(N)cc(-c2ccc(-c3cncnc3)cc2CCC(N)=O)c1. The van der Waals surface area contributed by atoms with Crippen LogP contribution in [-0.4, -0.2) is 15.9 Å². The number of rotatable bonds is 6. The molecule has 2 aromatic carbocycles. The molecule has 1 amide bonds. The summed E-state index contributed by atoms with van der Waals surface area (Å²) in [6.07, 6.45) is 6.83. The van der Waals surface area contributed by atoms with Crippen molar-refractivity contribution in [2.45, 2.75) is 26.2 Å². The van der Waals surface area contributed by atoms with Crippen LogP contribution in [0.2, 0.25) is 0 Å². The maximum atomic E-state index is 11.3. The number of aromatic nitrogens is 2. The van der Waals surface area contributed by atoms with Crippen LogP contribution in [-0.2, 0) is 17.6 Å². The number of amides is 1. The number of nitrogen functional groups attached to an aromatic ring is 1. The number of nitrogens with zero attached hydrogens (tertiary/aromatic N) is 2. The van der Waals surface area contributed by atoms with Crippen molar-refractivity contribution in [3.05, 3.63) is 66.2 Å². The summed E-state index contributed by atoms with van der Waals surface area (Å²) in [7, 11) is 0. The summed E-state index contributed by atoms with van der Waals surface area (Å²) in [6.45, 7) is 2.10. The number of nitrogens with two attached hydrogens (primary N) is 2. The van der Waals surface area contributed by atoms with E-state index in [1.165, 1.54) is 11.9 Å². The Morgan fingerprint density at radius 1 is 1.00 bits per heavy atom. The number of anilines is 1. The van der Waals surface area contributed by atoms with Crippen LogP contribution in [0.1, 0.15) is 24.5 Å². The Labute approximate surface area is 153 Å². The van der Waals surface area contributed by atoms with Gasteiger partial charge in [-0.25, -0.2) is 9.97 Å². The van der Waals surface area contributed by atoms with Crippen LogP contribution < -0.4 is 11.5 Å². The van der Waals surface area contributed by atoms with E-state index in [9.17, 15) is 4.79 Å². The molecule has 4 N–H and O–H groups in total. The zero-order valence-electron chi connectivity index (χ0n) is 14.8. The maximum absolute atomic E-state index is 11.3. The molecule has 0 fully saturated rings. The molecule has 0 aliphatic heterocycles. The Balaban J connectivity index is 2.09. The highest BCUT2D eigenvalue weighted by Gasteiger charge is 2.11. The molecule has 0 unspecified atom stereocenters. The molecule has 26 heavy (non-hydrogen) atoms. The first-order valence-corrected chi connectivity index (χ1v) is 8.63. The number of aryl methyl sites for hydroxylation is 2. The fourth-order valence-corrected chi connectivity index (χ4v) is 3.05. The third-order valence-corrected chi connectivity index (χ3v) is 4.37. The van der Waals surface area contributed by atoms with Gasteiger partial charge in [0.2, 0.25) is 5.91 Å². The second-order valence-corrected chi connectivity index (χ2v) is 6.28. The molecule has 1 aromatic heterocycles. The highest BCUT2D eigenvalue weighted by Crippen LogP contribution is 2.31. The lowest BCUT2D eigenvalue weighted by molar-refractivity contribution is -0.117.